The first-order valence-electron chi connectivity index (χ1n) is 8.44. The fraction of sp³-hybridized carbons (Fsp3) is 0.938. The largest absolute Gasteiger partial charge is 0.374 e. The van der Waals surface area contributed by atoms with E-state index in [1.807, 2.05) is 13.8 Å². The third-order valence-corrected chi connectivity index (χ3v) is 6.46. The summed E-state index contributed by atoms with van der Waals surface area (Å²) in [5.74, 6) is -0.228. The normalized spacial score (nSPS) is 24.8. The molecule has 1 heterocycles. The molecule has 1 aliphatic carbocycles. The summed E-state index contributed by atoms with van der Waals surface area (Å²) in [4.78, 5) is 14.6. The van der Waals surface area contributed by atoms with Crippen molar-refractivity contribution in [1.29, 1.82) is 0 Å². The first-order valence-corrected chi connectivity index (χ1v) is 9.98. The van der Waals surface area contributed by atoms with E-state index in [2.05, 4.69) is 25.5 Å². The lowest BCUT2D eigenvalue weighted by Gasteiger charge is -2.41. The molecule has 1 saturated heterocycles. The molecule has 7 heteroatoms. The summed E-state index contributed by atoms with van der Waals surface area (Å²) in [7, 11) is -3.39. The summed E-state index contributed by atoms with van der Waals surface area (Å²) in [6.07, 6.45) is 1.35. The second kappa shape index (κ2) is 6.69. The van der Waals surface area contributed by atoms with Gasteiger partial charge in [-0.3, -0.25) is 4.79 Å². The zero-order chi connectivity index (χ0) is 17.4. The number of morpholine rings is 1. The minimum Gasteiger partial charge on any atom is -0.374 e. The molecule has 0 bridgehead atoms. The third kappa shape index (κ3) is 4.67. The number of hydrogen-bond donors (Lipinski definition) is 1. The lowest BCUT2D eigenvalue weighted by Crippen LogP contribution is -2.57. The predicted octanol–water partition coefficient (Wildman–Crippen LogP) is 1.37. The van der Waals surface area contributed by atoms with Gasteiger partial charge in [0.1, 0.15) is 6.04 Å². The lowest BCUT2D eigenvalue weighted by atomic mass is 9.88. The number of carbonyl (C=O) groups excluding carboxylic acids is 1. The Morgan fingerprint density at radius 1 is 1.26 bits per heavy atom. The average Bonchev–Trinajstić information content (AvgIpc) is 3.28. The summed E-state index contributed by atoms with van der Waals surface area (Å²) in [6, 6.07) is -0.695. The van der Waals surface area contributed by atoms with Crippen molar-refractivity contribution < 1.29 is 17.9 Å². The molecular formula is C16H30N2O4S. The van der Waals surface area contributed by atoms with E-state index in [0.29, 0.717) is 32.5 Å². The lowest BCUT2D eigenvalue weighted by molar-refractivity contribution is -0.146. The Bertz CT molecular complexity index is 535. The molecule has 0 spiro atoms. The van der Waals surface area contributed by atoms with Crippen molar-refractivity contribution in [3.05, 3.63) is 0 Å². The average molecular weight is 346 g/mol. The maximum atomic E-state index is 12.9. The van der Waals surface area contributed by atoms with Crippen molar-refractivity contribution in [3.8, 4) is 0 Å². The molecule has 1 unspecified atom stereocenters. The molecule has 2 atom stereocenters. The Hall–Kier alpha value is -0.660. The molecule has 0 aromatic carbocycles. The molecule has 2 rings (SSSR count). The monoisotopic (exact) mass is 346 g/mol. The van der Waals surface area contributed by atoms with Crippen molar-refractivity contribution in [2.45, 2.75) is 64.9 Å². The highest BCUT2D eigenvalue weighted by Crippen LogP contribution is 2.29. The molecule has 23 heavy (non-hydrogen) atoms. The van der Waals surface area contributed by atoms with E-state index in [4.69, 9.17) is 4.74 Å². The van der Waals surface area contributed by atoms with E-state index in [1.54, 1.807) is 4.90 Å². The number of ether oxygens (including phenoxy) is 1. The van der Waals surface area contributed by atoms with Gasteiger partial charge in [-0.05, 0) is 24.2 Å². The first kappa shape index (κ1) is 18.7. The van der Waals surface area contributed by atoms with Crippen LogP contribution in [0.25, 0.3) is 0 Å². The first-order chi connectivity index (χ1) is 10.5. The molecule has 6 nitrogen and oxygen atoms in total. The highest BCUT2D eigenvalue weighted by atomic mass is 32.2. The summed E-state index contributed by atoms with van der Waals surface area (Å²) in [6.45, 7) is 11.5. The van der Waals surface area contributed by atoms with E-state index >= 15 is 0 Å². The molecule has 2 fully saturated rings. The van der Waals surface area contributed by atoms with Gasteiger partial charge in [0.25, 0.3) is 0 Å². The van der Waals surface area contributed by atoms with Crippen LogP contribution in [0.4, 0.5) is 0 Å². The maximum absolute atomic E-state index is 12.9. The third-order valence-electron chi connectivity index (χ3n) is 4.53. The van der Waals surface area contributed by atoms with E-state index in [0.717, 1.165) is 0 Å². The highest BCUT2D eigenvalue weighted by molar-refractivity contribution is 7.90. The molecular weight excluding hydrogens is 316 g/mol. The Labute approximate surface area is 140 Å². The second-order valence-corrected chi connectivity index (χ2v) is 10.1. The maximum Gasteiger partial charge on any atom is 0.241 e. The molecule has 1 N–H and O–H groups in total. The number of carbonyl (C=O) groups is 1. The van der Waals surface area contributed by atoms with Gasteiger partial charge in [0.2, 0.25) is 15.9 Å². The number of hydrogen-bond acceptors (Lipinski definition) is 4. The van der Waals surface area contributed by atoms with Crippen LogP contribution in [0.1, 0.15) is 47.5 Å². The van der Waals surface area contributed by atoms with Crippen LogP contribution in [-0.2, 0) is 19.6 Å². The van der Waals surface area contributed by atoms with Crippen LogP contribution in [0.2, 0.25) is 0 Å². The topological polar surface area (TPSA) is 75.7 Å². The number of sulfonamides is 1. The standard InChI is InChI=1S/C16H30N2O4S/c1-11(2)14(17-23(20,21)12-6-7-12)15(19)18-8-9-22-13(10-18)16(3,4)5/h11-14,17H,6-10H2,1-5H3/t13?,14-/m1/s1. The van der Waals surface area contributed by atoms with Gasteiger partial charge in [0.05, 0.1) is 18.0 Å². The minimum atomic E-state index is -3.39. The SMILES string of the molecule is CC(C)[C@@H](NS(=O)(=O)C1CC1)C(=O)N1CCOC(C(C)(C)C)C1. The van der Waals surface area contributed by atoms with Crippen LogP contribution in [0.5, 0.6) is 0 Å². The molecule has 0 aromatic heterocycles. The van der Waals surface area contributed by atoms with Gasteiger partial charge in [0, 0.05) is 13.1 Å². The molecule has 1 amide bonds. The number of rotatable bonds is 5. The highest BCUT2D eigenvalue weighted by Gasteiger charge is 2.41. The van der Waals surface area contributed by atoms with Crippen LogP contribution in [-0.4, -0.2) is 56.3 Å². The van der Waals surface area contributed by atoms with Gasteiger partial charge in [-0.1, -0.05) is 34.6 Å². The fourth-order valence-corrected chi connectivity index (χ4v) is 4.37. The van der Waals surface area contributed by atoms with Crippen molar-refractivity contribution in [2.24, 2.45) is 11.3 Å². The molecule has 1 saturated carbocycles. The Morgan fingerprint density at radius 2 is 1.87 bits per heavy atom. The van der Waals surface area contributed by atoms with Crippen molar-refractivity contribution in [2.75, 3.05) is 19.7 Å². The summed E-state index contributed by atoms with van der Waals surface area (Å²) in [5.41, 5.74) is -0.0558. The van der Waals surface area contributed by atoms with Crippen LogP contribution >= 0.6 is 0 Å². The smallest absolute Gasteiger partial charge is 0.241 e. The zero-order valence-electron chi connectivity index (χ0n) is 14.8. The number of nitrogens with one attached hydrogen (secondary N) is 1. The van der Waals surface area contributed by atoms with Crippen LogP contribution < -0.4 is 4.72 Å². The zero-order valence-corrected chi connectivity index (χ0v) is 15.6. The van der Waals surface area contributed by atoms with Crippen LogP contribution in [0.15, 0.2) is 0 Å². The van der Waals surface area contributed by atoms with E-state index in [1.165, 1.54) is 0 Å². The van der Waals surface area contributed by atoms with Gasteiger partial charge in [0.15, 0.2) is 0 Å². The Kier molecular flexibility index (Phi) is 5.43. The second-order valence-electron chi connectivity index (χ2n) is 8.09. The van der Waals surface area contributed by atoms with Gasteiger partial charge in [-0.15, -0.1) is 0 Å². The van der Waals surface area contributed by atoms with E-state index in [-0.39, 0.29) is 28.6 Å². The summed E-state index contributed by atoms with van der Waals surface area (Å²) in [5, 5.41) is -0.316. The van der Waals surface area contributed by atoms with Crippen molar-refractivity contribution in [3.63, 3.8) is 0 Å². The Morgan fingerprint density at radius 3 is 2.35 bits per heavy atom. The Balaban J connectivity index is 2.08. The molecule has 0 aromatic rings. The molecule has 0 radical (unpaired) electrons. The number of nitrogens with zero attached hydrogens (tertiary/aromatic N) is 1. The quantitative estimate of drug-likeness (QED) is 0.816. The predicted molar refractivity (Wildman–Crippen MR) is 89.5 cm³/mol. The van der Waals surface area contributed by atoms with Crippen LogP contribution in [0.3, 0.4) is 0 Å². The van der Waals surface area contributed by atoms with E-state index < -0.39 is 16.1 Å². The summed E-state index contributed by atoms with van der Waals surface area (Å²) < 4.78 is 32.8. The minimum absolute atomic E-state index is 0.0342. The number of amides is 1. The van der Waals surface area contributed by atoms with E-state index in [9.17, 15) is 13.2 Å². The van der Waals surface area contributed by atoms with Crippen molar-refractivity contribution >= 4 is 15.9 Å². The molecule has 134 valence electrons. The molecule has 1 aliphatic heterocycles. The fourth-order valence-electron chi connectivity index (χ4n) is 2.69. The van der Waals surface area contributed by atoms with Gasteiger partial charge in [-0.2, -0.15) is 0 Å². The van der Waals surface area contributed by atoms with Crippen LogP contribution in [0, 0.1) is 11.3 Å². The van der Waals surface area contributed by atoms with Crippen molar-refractivity contribution in [1.82, 2.24) is 9.62 Å². The van der Waals surface area contributed by atoms with Gasteiger partial charge < -0.3 is 9.64 Å². The van der Waals surface area contributed by atoms with Gasteiger partial charge >= 0.3 is 0 Å². The molecule has 2 aliphatic rings. The van der Waals surface area contributed by atoms with Gasteiger partial charge in [-0.25, -0.2) is 13.1 Å². The summed E-state index contributed by atoms with van der Waals surface area (Å²) >= 11 is 0.